The Kier molecular flexibility index (Phi) is 11.0. The number of hydrogen-bond acceptors (Lipinski definition) is 3. The van der Waals surface area contributed by atoms with Gasteiger partial charge in [0, 0.05) is 51.0 Å². The second-order valence-corrected chi connectivity index (χ2v) is 20.8. The van der Waals surface area contributed by atoms with Crippen LogP contribution in [0.1, 0.15) is 82.6 Å². The standard InChI is InChI=1S/C64H64N4/c1-4-14-43(15-5-1)45-24-28-47(29-25-45)58-42-59(48-30-26-46(27-31-48)44-16-6-2-7-17-44)66-64(65-58)49-32-36-53(37-33-49)68-61-23-13-11-21-55(61)57-41-51(35-39-63(57)68)50-34-38-62-56(40-50)54-20-10-12-22-60(54)67(62)52-18-8-3-9-19-52/h1,3-6,8-22,24,26-28,30,32,36,38,40,42,48,50-51,57,59,61,63-66H,2,7,23,25,29,31,33-35,37,39,41H2. The van der Waals surface area contributed by atoms with E-state index in [0.29, 0.717) is 35.8 Å². The second kappa shape index (κ2) is 17.9. The molecule has 8 unspecified atom stereocenters. The molecule has 1 aromatic heterocycles. The van der Waals surface area contributed by atoms with Gasteiger partial charge in [-0.2, -0.15) is 0 Å². The Hall–Kier alpha value is -6.36. The number of nitrogens with one attached hydrogen (secondary N) is 2. The number of nitrogens with zero attached hydrogens (tertiary/aromatic N) is 2. The number of para-hydroxylation sites is 2. The van der Waals surface area contributed by atoms with Crippen LogP contribution in [0, 0.1) is 23.7 Å². The maximum absolute atomic E-state index is 4.15. The number of benzene rings is 3. The summed E-state index contributed by atoms with van der Waals surface area (Å²) in [5, 5.41) is 12.4. The topological polar surface area (TPSA) is 32.2 Å². The van der Waals surface area contributed by atoms with Gasteiger partial charge in [0.15, 0.2) is 0 Å². The van der Waals surface area contributed by atoms with Crippen LogP contribution in [-0.2, 0) is 0 Å². The Balaban J connectivity index is 0.756. The first-order chi connectivity index (χ1) is 33.7. The summed E-state index contributed by atoms with van der Waals surface area (Å²) in [7, 11) is 0. The molecule has 1 saturated heterocycles. The summed E-state index contributed by atoms with van der Waals surface area (Å²) in [5.41, 5.74) is 15.6. The average Bonchev–Trinajstić information content (AvgIpc) is 3.94. The van der Waals surface area contributed by atoms with Crippen LogP contribution in [0.4, 0.5) is 0 Å². The lowest BCUT2D eigenvalue weighted by Gasteiger charge is -2.42. The van der Waals surface area contributed by atoms with Crippen molar-refractivity contribution in [2.45, 2.75) is 101 Å². The summed E-state index contributed by atoms with van der Waals surface area (Å²) in [5.74, 6) is 2.29. The molecule has 0 radical (unpaired) electrons. The monoisotopic (exact) mass is 889 g/mol. The molecule has 4 heteroatoms. The van der Waals surface area contributed by atoms with Gasteiger partial charge in [0.25, 0.3) is 0 Å². The Bertz CT molecular complexity index is 3120. The molecule has 3 heterocycles. The van der Waals surface area contributed by atoms with Gasteiger partial charge in [-0.3, -0.25) is 5.32 Å². The highest BCUT2D eigenvalue weighted by Crippen LogP contribution is 2.52. The molecule has 1 saturated carbocycles. The van der Waals surface area contributed by atoms with Crippen LogP contribution in [0.25, 0.3) is 34.3 Å². The van der Waals surface area contributed by atoms with Crippen molar-refractivity contribution < 1.29 is 0 Å². The van der Waals surface area contributed by atoms with Crippen molar-refractivity contribution in [1.82, 2.24) is 20.1 Å². The van der Waals surface area contributed by atoms with Crippen LogP contribution in [-0.4, -0.2) is 33.8 Å². The quantitative estimate of drug-likeness (QED) is 0.185. The summed E-state index contributed by atoms with van der Waals surface area (Å²) in [6, 6.07) is 32.2. The second-order valence-electron chi connectivity index (χ2n) is 20.8. The molecule has 2 N–H and O–H groups in total. The van der Waals surface area contributed by atoms with Gasteiger partial charge in [-0.1, -0.05) is 152 Å². The van der Waals surface area contributed by atoms with Gasteiger partial charge in [-0.15, -0.1) is 0 Å². The fraction of sp³-hybridized carbons (Fsp3) is 0.312. The summed E-state index contributed by atoms with van der Waals surface area (Å²) < 4.78 is 2.49. The summed E-state index contributed by atoms with van der Waals surface area (Å²) in [6.07, 6.45) is 53.1. The van der Waals surface area contributed by atoms with Gasteiger partial charge in [-0.05, 0) is 164 Å². The third-order valence-corrected chi connectivity index (χ3v) is 17.1. The number of likely N-dealkylation sites (tertiary alicyclic amines) is 1. The molecular weight excluding hydrogens is 825 g/mol. The molecule has 8 atom stereocenters. The summed E-state index contributed by atoms with van der Waals surface area (Å²) in [6.45, 7) is 0. The molecule has 68 heavy (non-hydrogen) atoms. The highest BCUT2D eigenvalue weighted by atomic mass is 15.2. The zero-order chi connectivity index (χ0) is 45.0. The normalized spacial score (nSPS) is 29.6. The van der Waals surface area contributed by atoms with Crippen LogP contribution in [0.5, 0.6) is 0 Å². The number of aromatic nitrogens is 1. The van der Waals surface area contributed by atoms with Crippen LogP contribution in [0.3, 0.4) is 0 Å². The van der Waals surface area contributed by atoms with E-state index in [4.69, 9.17) is 0 Å². The third-order valence-electron chi connectivity index (χ3n) is 17.1. The predicted molar refractivity (Wildman–Crippen MR) is 283 cm³/mol. The smallest absolute Gasteiger partial charge is 0.0998 e. The minimum absolute atomic E-state index is 0.0987. The van der Waals surface area contributed by atoms with Crippen molar-refractivity contribution in [2.75, 3.05) is 0 Å². The highest BCUT2D eigenvalue weighted by Gasteiger charge is 2.49. The van der Waals surface area contributed by atoms with Crippen molar-refractivity contribution in [1.29, 1.82) is 0 Å². The zero-order valence-electron chi connectivity index (χ0n) is 39.3. The van der Waals surface area contributed by atoms with E-state index in [1.54, 1.807) is 11.3 Å². The minimum Gasteiger partial charge on any atom is -0.366 e. The Morgan fingerprint density at radius 2 is 1.46 bits per heavy atom. The van der Waals surface area contributed by atoms with Gasteiger partial charge in [0.05, 0.1) is 17.7 Å². The van der Waals surface area contributed by atoms with Crippen LogP contribution < -0.4 is 21.2 Å². The molecule has 7 aliphatic carbocycles. The molecule has 4 aromatic rings. The SMILES string of the molecule is C1=CCC2C(=C1)C1CC(C3C=c4c(n(-c5ccccc5)c5ccccc45)=CC3)CCC1N2C1=CC=C(C2NC(C3=CC=C(c4ccccc4)CC3)=CC(C3C=CC(C4=CCCC=C4)=CC3)N2)CC1. The van der Waals surface area contributed by atoms with Crippen molar-refractivity contribution in [2.24, 2.45) is 23.7 Å². The van der Waals surface area contributed by atoms with Gasteiger partial charge in [0.2, 0.25) is 0 Å². The molecule has 4 nitrogen and oxygen atoms in total. The maximum atomic E-state index is 4.15. The predicted octanol–water partition coefficient (Wildman–Crippen LogP) is 12.5. The first-order valence-corrected chi connectivity index (χ1v) is 26.1. The molecule has 2 fully saturated rings. The first kappa shape index (κ1) is 41.8. The molecule has 3 aromatic carbocycles. The van der Waals surface area contributed by atoms with Crippen molar-refractivity contribution in [3.05, 3.63) is 225 Å². The molecule has 0 amide bonds. The largest absolute Gasteiger partial charge is 0.366 e. The fourth-order valence-corrected chi connectivity index (χ4v) is 13.7. The van der Waals surface area contributed by atoms with E-state index in [0.717, 1.165) is 57.8 Å². The summed E-state index contributed by atoms with van der Waals surface area (Å²) >= 11 is 0. The molecule has 0 bridgehead atoms. The van der Waals surface area contributed by atoms with Crippen LogP contribution in [0.15, 0.2) is 209 Å². The van der Waals surface area contributed by atoms with E-state index in [-0.39, 0.29) is 12.2 Å². The van der Waals surface area contributed by atoms with E-state index in [9.17, 15) is 0 Å². The lowest BCUT2D eigenvalue weighted by atomic mass is 9.69. The third kappa shape index (κ3) is 7.66. The fourth-order valence-electron chi connectivity index (χ4n) is 13.7. The molecular formula is C64H64N4. The molecule has 2 aliphatic heterocycles. The molecule has 13 rings (SSSR count). The lowest BCUT2D eigenvalue weighted by molar-refractivity contribution is 0.147. The summed E-state index contributed by atoms with van der Waals surface area (Å²) in [4.78, 5) is 2.93. The molecule has 0 spiro atoms. The van der Waals surface area contributed by atoms with Crippen molar-refractivity contribution >= 4 is 28.6 Å². The van der Waals surface area contributed by atoms with Gasteiger partial charge in [0.1, 0.15) is 0 Å². The number of allylic oxidation sites excluding steroid dienone is 16. The van der Waals surface area contributed by atoms with E-state index in [2.05, 4.69) is 202 Å². The van der Waals surface area contributed by atoms with Gasteiger partial charge >= 0.3 is 0 Å². The Morgan fingerprint density at radius 1 is 0.632 bits per heavy atom. The Labute approximate surface area is 403 Å². The molecule has 9 aliphatic rings. The zero-order valence-corrected chi connectivity index (χ0v) is 39.3. The van der Waals surface area contributed by atoms with Crippen LogP contribution >= 0.6 is 0 Å². The molecule has 340 valence electrons. The number of rotatable bonds is 8. The maximum Gasteiger partial charge on any atom is 0.0998 e. The first-order valence-electron chi connectivity index (χ1n) is 26.1. The van der Waals surface area contributed by atoms with Crippen molar-refractivity contribution in [3.8, 4) is 5.69 Å². The Morgan fingerprint density at radius 3 is 2.26 bits per heavy atom. The van der Waals surface area contributed by atoms with Crippen molar-refractivity contribution in [3.63, 3.8) is 0 Å². The minimum atomic E-state index is 0.0987. The van der Waals surface area contributed by atoms with Crippen LogP contribution in [0.2, 0.25) is 0 Å². The van der Waals surface area contributed by atoms with E-state index in [1.807, 2.05) is 0 Å². The van der Waals surface area contributed by atoms with Gasteiger partial charge in [-0.25, -0.2) is 0 Å². The van der Waals surface area contributed by atoms with E-state index in [1.165, 1.54) is 85.5 Å². The lowest BCUT2D eigenvalue weighted by Crippen LogP contribution is -2.54. The number of fused-ring (bicyclic) bond motifs is 6. The average molecular weight is 889 g/mol. The van der Waals surface area contributed by atoms with E-state index >= 15 is 0 Å². The van der Waals surface area contributed by atoms with Gasteiger partial charge < -0.3 is 14.8 Å². The highest BCUT2D eigenvalue weighted by molar-refractivity contribution is 5.84. The number of hydrogen-bond donors (Lipinski definition) is 2. The van der Waals surface area contributed by atoms with E-state index < -0.39 is 0 Å².